The third-order valence-corrected chi connectivity index (χ3v) is 2.11. The SMILES string of the molecule is CN(CCC(=O)O)C(=O)c1ccccc1F. The second-order valence-corrected chi connectivity index (χ2v) is 3.35. The maximum atomic E-state index is 13.2. The molecular formula is C11H12FNO3. The first-order chi connectivity index (χ1) is 7.52. The predicted octanol–water partition coefficient (Wildman–Crippen LogP) is 1.37. The molecule has 1 amide bonds. The molecule has 5 heteroatoms. The molecule has 0 saturated carbocycles. The zero-order chi connectivity index (χ0) is 12.1. The van der Waals surface area contributed by atoms with Crippen LogP contribution in [0.4, 0.5) is 4.39 Å². The molecule has 0 aliphatic carbocycles. The summed E-state index contributed by atoms with van der Waals surface area (Å²) >= 11 is 0. The number of aliphatic carboxylic acids is 1. The van der Waals surface area contributed by atoms with Crippen molar-refractivity contribution in [1.82, 2.24) is 4.90 Å². The third kappa shape index (κ3) is 3.05. The zero-order valence-corrected chi connectivity index (χ0v) is 8.81. The molecule has 0 aliphatic heterocycles. The number of hydrogen-bond donors (Lipinski definition) is 1. The van der Waals surface area contributed by atoms with Crippen LogP contribution in [0.5, 0.6) is 0 Å². The third-order valence-electron chi connectivity index (χ3n) is 2.11. The molecule has 1 aromatic rings. The van der Waals surface area contributed by atoms with Gasteiger partial charge in [-0.15, -0.1) is 0 Å². The van der Waals surface area contributed by atoms with Gasteiger partial charge in [-0.05, 0) is 12.1 Å². The molecule has 0 fully saturated rings. The minimum atomic E-state index is -0.992. The summed E-state index contributed by atoms with van der Waals surface area (Å²) in [5.74, 6) is -2.11. The summed E-state index contributed by atoms with van der Waals surface area (Å²) in [5.41, 5.74) is -0.0459. The number of amides is 1. The highest BCUT2D eigenvalue weighted by Crippen LogP contribution is 2.09. The molecule has 1 aromatic carbocycles. The molecule has 1 rings (SSSR count). The van der Waals surface area contributed by atoms with Crippen LogP contribution in [0.3, 0.4) is 0 Å². The number of halogens is 1. The van der Waals surface area contributed by atoms with Crippen LogP contribution < -0.4 is 0 Å². The van der Waals surface area contributed by atoms with Gasteiger partial charge in [0.05, 0.1) is 12.0 Å². The topological polar surface area (TPSA) is 57.6 Å². The fourth-order valence-corrected chi connectivity index (χ4v) is 1.21. The van der Waals surface area contributed by atoms with Crippen LogP contribution in [0, 0.1) is 5.82 Å². The molecular weight excluding hydrogens is 213 g/mol. The van der Waals surface area contributed by atoms with E-state index in [0.717, 1.165) is 0 Å². The van der Waals surface area contributed by atoms with Gasteiger partial charge in [0.15, 0.2) is 0 Å². The van der Waals surface area contributed by atoms with E-state index < -0.39 is 17.7 Å². The lowest BCUT2D eigenvalue weighted by atomic mass is 10.2. The minimum Gasteiger partial charge on any atom is -0.481 e. The van der Waals surface area contributed by atoms with E-state index in [-0.39, 0.29) is 18.5 Å². The van der Waals surface area contributed by atoms with Gasteiger partial charge in [-0.1, -0.05) is 12.1 Å². The van der Waals surface area contributed by atoms with Crippen LogP contribution in [-0.2, 0) is 4.79 Å². The average Bonchev–Trinajstić information content (AvgIpc) is 2.25. The van der Waals surface area contributed by atoms with E-state index in [1.165, 1.54) is 30.1 Å². The average molecular weight is 225 g/mol. The summed E-state index contributed by atoms with van der Waals surface area (Å²) in [6.07, 6.45) is -0.156. The number of carbonyl (C=O) groups is 2. The molecule has 0 spiro atoms. The van der Waals surface area contributed by atoms with E-state index >= 15 is 0 Å². The maximum Gasteiger partial charge on any atom is 0.305 e. The number of carboxylic acids is 1. The first kappa shape index (κ1) is 12.2. The van der Waals surface area contributed by atoms with E-state index in [9.17, 15) is 14.0 Å². The molecule has 86 valence electrons. The van der Waals surface area contributed by atoms with Crippen molar-refractivity contribution in [1.29, 1.82) is 0 Å². The summed E-state index contributed by atoms with van der Waals surface area (Å²) in [6, 6.07) is 5.61. The Labute approximate surface area is 92.3 Å². The van der Waals surface area contributed by atoms with Crippen LogP contribution in [0.15, 0.2) is 24.3 Å². The van der Waals surface area contributed by atoms with Gasteiger partial charge in [-0.3, -0.25) is 9.59 Å². The number of carboxylic acid groups (broad SMARTS) is 1. The Kier molecular flexibility index (Phi) is 3.99. The largest absolute Gasteiger partial charge is 0.481 e. The zero-order valence-electron chi connectivity index (χ0n) is 8.81. The molecule has 0 atom stereocenters. The maximum absolute atomic E-state index is 13.2. The van der Waals surface area contributed by atoms with Crippen molar-refractivity contribution in [3.05, 3.63) is 35.6 Å². The summed E-state index contributed by atoms with van der Waals surface area (Å²) in [4.78, 5) is 23.2. The lowest BCUT2D eigenvalue weighted by Gasteiger charge is -2.16. The predicted molar refractivity (Wildman–Crippen MR) is 55.6 cm³/mol. The molecule has 16 heavy (non-hydrogen) atoms. The van der Waals surface area contributed by atoms with E-state index in [4.69, 9.17) is 5.11 Å². The van der Waals surface area contributed by atoms with Crippen molar-refractivity contribution in [2.24, 2.45) is 0 Å². The van der Waals surface area contributed by atoms with Crippen LogP contribution in [0.1, 0.15) is 16.8 Å². The van der Waals surface area contributed by atoms with Gasteiger partial charge in [0.25, 0.3) is 5.91 Å². The van der Waals surface area contributed by atoms with Gasteiger partial charge in [0.2, 0.25) is 0 Å². The van der Waals surface area contributed by atoms with Gasteiger partial charge in [0, 0.05) is 13.6 Å². The van der Waals surface area contributed by atoms with Gasteiger partial charge in [-0.2, -0.15) is 0 Å². The van der Waals surface area contributed by atoms with Gasteiger partial charge >= 0.3 is 5.97 Å². The van der Waals surface area contributed by atoms with Crippen molar-refractivity contribution in [3.63, 3.8) is 0 Å². The molecule has 1 N–H and O–H groups in total. The van der Waals surface area contributed by atoms with E-state index in [1.807, 2.05) is 0 Å². The number of hydrogen-bond acceptors (Lipinski definition) is 2. The summed E-state index contributed by atoms with van der Waals surface area (Å²) in [5, 5.41) is 8.46. The molecule has 4 nitrogen and oxygen atoms in total. The number of carbonyl (C=O) groups excluding carboxylic acids is 1. The second kappa shape index (κ2) is 5.25. The van der Waals surface area contributed by atoms with Crippen LogP contribution in [0.25, 0.3) is 0 Å². The lowest BCUT2D eigenvalue weighted by molar-refractivity contribution is -0.137. The monoisotopic (exact) mass is 225 g/mol. The minimum absolute atomic E-state index is 0.0459. The molecule has 0 unspecified atom stereocenters. The first-order valence-corrected chi connectivity index (χ1v) is 4.74. The van der Waals surface area contributed by atoms with E-state index in [0.29, 0.717) is 0 Å². The number of nitrogens with zero attached hydrogens (tertiary/aromatic N) is 1. The molecule has 0 aliphatic rings. The highest BCUT2D eigenvalue weighted by atomic mass is 19.1. The molecule has 0 bridgehead atoms. The number of rotatable bonds is 4. The van der Waals surface area contributed by atoms with Crippen molar-refractivity contribution < 1.29 is 19.1 Å². The Hall–Kier alpha value is -1.91. The van der Waals surface area contributed by atoms with Gasteiger partial charge < -0.3 is 10.0 Å². The highest BCUT2D eigenvalue weighted by Gasteiger charge is 2.15. The molecule has 0 saturated heterocycles. The smallest absolute Gasteiger partial charge is 0.305 e. The van der Waals surface area contributed by atoms with Gasteiger partial charge in [-0.25, -0.2) is 4.39 Å². The fraction of sp³-hybridized carbons (Fsp3) is 0.273. The van der Waals surface area contributed by atoms with Crippen LogP contribution in [0.2, 0.25) is 0 Å². The van der Waals surface area contributed by atoms with Crippen molar-refractivity contribution in [3.8, 4) is 0 Å². The Morgan fingerprint density at radius 2 is 2.00 bits per heavy atom. The summed E-state index contributed by atoms with van der Waals surface area (Å²) in [7, 11) is 1.44. The fourth-order valence-electron chi connectivity index (χ4n) is 1.21. The van der Waals surface area contributed by atoms with Crippen molar-refractivity contribution in [2.45, 2.75) is 6.42 Å². The summed E-state index contributed by atoms with van der Waals surface area (Å²) in [6.45, 7) is 0.0580. The van der Waals surface area contributed by atoms with Crippen molar-refractivity contribution >= 4 is 11.9 Å². The Bertz CT molecular complexity index is 406. The molecule has 0 aromatic heterocycles. The standard InChI is InChI=1S/C11H12FNO3/c1-13(7-6-10(14)15)11(16)8-4-2-3-5-9(8)12/h2-5H,6-7H2,1H3,(H,14,15). The van der Waals surface area contributed by atoms with E-state index in [2.05, 4.69) is 0 Å². The normalized spacial score (nSPS) is 9.88. The highest BCUT2D eigenvalue weighted by molar-refractivity contribution is 5.94. The quantitative estimate of drug-likeness (QED) is 0.842. The van der Waals surface area contributed by atoms with E-state index in [1.54, 1.807) is 6.07 Å². The summed E-state index contributed by atoms with van der Waals surface area (Å²) < 4.78 is 13.2. The second-order valence-electron chi connectivity index (χ2n) is 3.35. The molecule has 0 heterocycles. The Morgan fingerprint density at radius 1 is 1.38 bits per heavy atom. The lowest BCUT2D eigenvalue weighted by Crippen LogP contribution is -2.29. The molecule has 0 radical (unpaired) electrons. The first-order valence-electron chi connectivity index (χ1n) is 4.74. The van der Waals surface area contributed by atoms with Crippen molar-refractivity contribution in [2.75, 3.05) is 13.6 Å². The van der Waals surface area contributed by atoms with Gasteiger partial charge in [0.1, 0.15) is 5.82 Å². The van der Waals surface area contributed by atoms with Crippen LogP contribution in [-0.4, -0.2) is 35.5 Å². The van der Waals surface area contributed by atoms with Crippen LogP contribution >= 0.6 is 0 Å². The number of benzene rings is 1. The Morgan fingerprint density at radius 3 is 2.56 bits per heavy atom. The Balaban J connectivity index is 2.71.